The number of halogens is 3. The van der Waals surface area contributed by atoms with Gasteiger partial charge in [0.15, 0.2) is 0 Å². The van der Waals surface area contributed by atoms with E-state index in [0.717, 1.165) is 23.4 Å². The molecule has 4 rings (SSSR count). The molecular formula is C27H36F3N5O4. The van der Waals surface area contributed by atoms with E-state index < -0.39 is 35.3 Å². The molecule has 0 bridgehead atoms. The number of hydrogen-bond acceptors (Lipinski definition) is 5. The van der Waals surface area contributed by atoms with E-state index in [1.165, 1.54) is 4.90 Å². The van der Waals surface area contributed by atoms with Gasteiger partial charge in [-0.15, -0.1) is 0 Å². The van der Waals surface area contributed by atoms with Gasteiger partial charge in [0, 0.05) is 44.6 Å². The summed E-state index contributed by atoms with van der Waals surface area (Å²) in [5, 5.41) is 26.5. The zero-order valence-electron chi connectivity index (χ0n) is 22.6. The van der Waals surface area contributed by atoms with Crippen LogP contribution in [-0.4, -0.2) is 86.4 Å². The summed E-state index contributed by atoms with van der Waals surface area (Å²) in [4.78, 5) is 32.4. The van der Waals surface area contributed by atoms with Gasteiger partial charge < -0.3 is 24.9 Å². The number of benzene rings is 1. The van der Waals surface area contributed by atoms with E-state index >= 15 is 0 Å². The minimum atomic E-state index is -4.51. The monoisotopic (exact) mass is 551 g/mol. The second-order valence-corrected chi connectivity index (χ2v) is 10.8. The molecule has 0 aliphatic carbocycles. The van der Waals surface area contributed by atoms with Crippen molar-refractivity contribution in [2.45, 2.75) is 64.3 Å². The first kappa shape index (κ1) is 28.9. The van der Waals surface area contributed by atoms with Crippen molar-refractivity contribution in [2.75, 3.05) is 33.4 Å². The molecule has 3 N–H and O–H groups in total. The number of amides is 3. The van der Waals surface area contributed by atoms with E-state index in [-0.39, 0.29) is 51.1 Å². The molecule has 2 saturated heterocycles. The van der Waals surface area contributed by atoms with Crippen LogP contribution in [0, 0.1) is 19.3 Å². The second kappa shape index (κ2) is 10.8. The first-order valence-corrected chi connectivity index (χ1v) is 13.1. The third kappa shape index (κ3) is 5.23. The molecule has 39 heavy (non-hydrogen) atoms. The zero-order valence-corrected chi connectivity index (χ0v) is 22.6. The van der Waals surface area contributed by atoms with Gasteiger partial charge >= 0.3 is 12.2 Å². The van der Waals surface area contributed by atoms with Crippen LogP contribution < -0.4 is 0 Å². The van der Waals surface area contributed by atoms with Crippen LogP contribution in [-0.2, 0) is 11.0 Å². The van der Waals surface area contributed by atoms with Crippen molar-refractivity contribution in [1.82, 2.24) is 24.9 Å². The molecule has 12 heteroatoms. The highest BCUT2D eigenvalue weighted by Gasteiger charge is 2.56. The number of fused-ring (bicyclic) bond motifs is 1. The third-order valence-electron chi connectivity index (χ3n) is 8.40. The molecule has 0 saturated carbocycles. The van der Waals surface area contributed by atoms with Gasteiger partial charge in [-0.2, -0.15) is 18.3 Å². The number of nitrogens with one attached hydrogen (secondary N) is 1. The Balaban J connectivity index is 1.68. The standard InChI is InChI=1S/C27H36F3N5O4/c1-16-11-19(13-20(12-16)27(28,29)30)18(3)33(4)25(39)35-8-7-34-22(23(35)21-15-31-32-17(21)2)14-26(5-9-36,6-10-37)24(34)38/h11-13,15,18,22-23,36-37H,5-10,14H2,1-4H3,(H,31,32)/t18-,22+,23?/m1/s1. The molecule has 9 nitrogen and oxygen atoms in total. The van der Waals surface area contributed by atoms with Crippen LogP contribution in [0.3, 0.4) is 0 Å². The number of hydrogen-bond donors (Lipinski definition) is 3. The topological polar surface area (TPSA) is 113 Å². The lowest BCUT2D eigenvalue weighted by molar-refractivity contribution is -0.140. The number of aliphatic hydroxyl groups is 2. The van der Waals surface area contributed by atoms with E-state index in [2.05, 4.69) is 10.2 Å². The van der Waals surface area contributed by atoms with E-state index in [4.69, 9.17) is 0 Å². The van der Waals surface area contributed by atoms with Crippen LogP contribution in [0.2, 0.25) is 0 Å². The zero-order chi connectivity index (χ0) is 28.7. The Morgan fingerprint density at radius 1 is 1.21 bits per heavy atom. The largest absolute Gasteiger partial charge is 0.416 e. The number of piperazine rings is 1. The lowest BCUT2D eigenvalue weighted by atomic mass is 9.77. The van der Waals surface area contributed by atoms with Gasteiger partial charge in [-0.25, -0.2) is 4.79 Å². The summed E-state index contributed by atoms with van der Waals surface area (Å²) in [5.74, 6) is -0.144. The Labute approximate surface area is 225 Å². The van der Waals surface area contributed by atoms with Crippen molar-refractivity contribution in [3.05, 3.63) is 52.3 Å². The Kier molecular flexibility index (Phi) is 8.00. The maximum atomic E-state index is 14.0. The predicted octanol–water partition coefficient (Wildman–Crippen LogP) is 3.57. The fraction of sp³-hybridized carbons (Fsp3) is 0.593. The number of rotatable bonds is 7. The maximum Gasteiger partial charge on any atom is 0.416 e. The van der Waals surface area contributed by atoms with Gasteiger partial charge in [0.2, 0.25) is 5.91 Å². The highest BCUT2D eigenvalue weighted by atomic mass is 19.4. The van der Waals surface area contributed by atoms with Crippen LogP contribution in [0.4, 0.5) is 18.0 Å². The molecular weight excluding hydrogens is 515 g/mol. The molecule has 214 valence electrons. The minimum Gasteiger partial charge on any atom is -0.396 e. The number of urea groups is 1. The number of aryl methyl sites for hydroxylation is 2. The van der Waals surface area contributed by atoms with E-state index in [1.807, 2.05) is 6.92 Å². The average Bonchev–Trinajstić information content (AvgIpc) is 3.42. The number of aromatic amines is 1. The summed E-state index contributed by atoms with van der Waals surface area (Å²) in [7, 11) is 1.57. The smallest absolute Gasteiger partial charge is 0.396 e. The fourth-order valence-corrected chi connectivity index (χ4v) is 6.19. The highest BCUT2D eigenvalue weighted by molar-refractivity contribution is 5.86. The third-order valence-corrected chi connectivity index (χ3v) is 8.40. The van der Waals surface area contributed by atoms with Crippen molar-refractivity contribution in [2.24, 2.45) is 5.41 Å². The number of nitrogens with zero attached hydrogens (tertiary/aromatic N) is 4. The lowest BCUT2D eigenvalue weighted by Gasteiger charge is -2.46. The Morgan fingerprint density at radius 3 is 2.44 bits per heavy atom. The Bertz CT molecular complexity index is 1210. The molecule has 3 atom stereocenters. The summed E-state index contributed by atoms with van der Waals surface area (Å²) >= 11 is 0. The van der Waals surface area contributed by atoms with Gasteiger partial charge in [-0.05, 0) is 57.7 Å². The lowest BCUT2D eigenvalue weighted by Crippen LogP contribution is -2.57. The minimum absolute atomic E-state index is 0.144. The molecule has 1 aromatic carbocycles. The summed E-state index contributed by atoms with van der Waals surface area (Å²) in [5.41, 5.74) is 0.594. The quantitative estimate of drug-likeness (QED) is 0.487. The van der Waals surface area contributed by atoms with Gasteiger partial charge in [0.05, 0.1) is 35.3 Å². The van der Waals surface area contributed by atoms with Crippen LogP contribution >= 0.6 is 0 Å². The predicted molar refractivity (Wildman–Crippen MR) is 136 cm³/mol. The molecule has 2 aliphatic heterocycles. The van der Waals surface area contributed by atoms with Crippen molar-refractivity contribution in [1.29, 1.82) is 0 Å². The van der Waals surface area contributed by atoms with Crippen LogP contribution in [0.15, 0.2) is 24.4 Å². The molecule has 2 fully saturated rings. The van der Waals surface area contributed by atoms with Gasteiger partial charge in [0.25, 0.3) is 0 Å². The number of aromatic nitrogens is 2. The fourth-order valence-electron chi connectivity index (χ4n) is 6.19. The number of aliphatic hydroxyl groups excluding tert-OH is 2. The van der Waals surface area contributed by atoms with Crippen molar-refractivity contribution < 1.29 is 33.0 Å². The molecule has 2 aliphatic rings. The number of carbonyl (C=O) groups is 2. The number of carbonyl (C=O) groups excluding carboxylic acids is 2. The summed E-state index contributed by atoms with van der Waals surface area (Å²) in [6.45, 7) is 5.17. The van der Waals surface area contributed by atoms with Gasteiger partial charge in [0.1, 0.15) is 0 Å². The highest BCUT2D eigenvalue weighted by Crippen LogP contribution is 2.49. The van der Waals surface area contributed by atoms with Crippen molar-refractivity contribution in [3.63, 3.8) is 0 Å². The normalized spacial score (nSPS) is 21.7. The SMILES string of the molecule is Cc1cc([C@@H](C)N(C)C(=O)N2CCN3C(=O)C(CCO)(CCO)C[C@H]3C2c2cn[nH]c2C)cc(C(F)(F)F)c1. The summed E-state index contributed by atoms with van der Waals surface area (Å²) < 4.78 is 40.4. The first-order chi connectivity index (χ1) is 18.3. The van der Waals surface area contributed by atoms with Crippen molar-refractivity contribution in [3.8, 4) is 0 Å². The van der Waals surface area contributed by atoms with Gasteiger partial charge in [-0.1, -0.05) is 11.6 Å². The Morgan fingerprint density at radius 2 is 1.87 bits per heavy atom. The second-order valence-electron chi connectivity index (χ2n) is 10.8. The van der Waals surface area contributed by atoms with E-state index in [1.54, 1.807) is 43.0 Å². The molecule has 0 spiro atoms. The summed E-state index contributed by atoms with van der Waals surface area (Å²) in [6.07, 6.45) is -2.12. The van der Waals surface area contributed by atoms with E-state index in [0.29, 0.717) is 17.5 Å². The number of alkyl halides is 3. The average molecular weight is 552 g/mol. The summed E-state index contributed by atoms with van der Waals surface area (Å²) in [6, 6.07) is 1.79. The molecule has 1 unspecified atom stereocenters. The molecule has 3 heterocycles. The molecule has 3 amide bonds. The number of H-pyrrole nitrogens is 1. The Hall–Kier alpha value is -3.12. The molecule has 1 aromatic heterocycles. The first-order valence-electron chi connectivity index (χ1n) is 13.1. The van der Waals surface area contributed by atoms with Crippen LogP contribution in [0.25, 0.3) is 0 Å². The molecule has 0 radical (unpaired) electrons. The van der Waals surface area contributed by atoms with Crippen LogP contribution in [0.1, 0.15) is 66.2 Å². The van der Waals surface area contributed by atoms with Gasteiger partial charge in [-0.3, -0.25) is 9.89 Å². The molecule has 2 aromatic rings. The maximum absolute atomic E-state index is 14.0. The van der Waals surface area contributed by atoms with E-state index in [9.17, 15) is 33.0 Å². The van der Waals surface area contributed by atoms with Crippen LogP contribution in [0.5, 0.6) is 0 Å². The van der Waals surface area contributed by atoms with Crippen molar-refractivity contribution >= 4 is 11.9 Å².